The number of carbonyl (C=O) groups is 2. The van der Waals surface area contributed by atoms with Crippen LogP contribution in [0, 0.1) is 0 Å². The lowest BCUT2D eigenvalue weighted by atomic mass is 10.0. The summed E-state index contributed by atoms with van der Waals surface area (Å²) >= 11 is 0. The molecule has 2 atom stereocenters. The van der Waals surface area contributed by atoms with Crippen molar-refractivity contribution >= 4 is 19.8 Å². The van der Waals surface area contributed by atoms with Crippen molar-refractivity contribution in [3.63, 3.8) is 0 Å². The molecule has 0 amide bonds. The van der Waals surface area contributed by atoms with Crippen LogP contribution in [0.25, 0.3) is 0 Å². The van der Waals surface area contributed by atoms with E-state index in [9.17, 15) is 19.0 Å². The van der Waals surface area contributed by atoms with Gasteiger partial charge in [0.1, 0.15) is 19.8 Å². The number of esters is 2. The number of phosphoric ester groups is 1. The molecular weight excluding hydrogens is 978 g/mol. The highest BCUT2D eigenvalue weighted by atomic mass is 31.2. The summed E-state index contributed by atoms with van der Waals surface area (Å²) in [5.41, 5.74) is 0. The van der Waals surface area contributed by atoms with Gasteiger partial charge in [0.25, 0.3) is 7.82 Å². The van der Waals surface area contributed by atoms with Crippen molar-refractivity contribution in [3.8, 4) is 0 Å². The normalized spacial score (nSPS) is 13.9. The van der Waals surface area contributed by atoms with Gasteiger partial charge in [-0.3, -0.25) is 14.2 Å². The molecule has 0 aromatic carbocycles. The van der Waals surface area contributed by atoms with Crippen molar-refractivity contribution in [2.24, 2.45) is 0 Å². The van der Waals surface area contributed by atoms with Gasteiger partial charge in [-0.15, -0.1) is 0 Å². The van der Waals surface area contributed by atoms with Crippen molar-refractivity contribution in [2.45, 2.75) is 270 Å². The van der Waals surface area contributed by atoms with E-state index < -0.39 is 26.5 Å². The largest absolute Gasteiger partial charge is 0.756 e. The average molecular weight is 1100 g/mol. The van der Waals surface area contributed by atoms with Crippen molar-refractivity contribution in [2.75, 3.05) is 47.5 Å². The average Bonchev–Trinajstić information content (AvgIpc) is 3.39. The first kappa shape index (κ1) is 73.9. The molecule has 0 heterocycles. The van der Waals surface area contributed by atoms with Crippen LogP contribution in [-0.4, -0.2) is 70.0 Å². The predicted molar refractivity (Wildman–Crippen MR) is 328 cm³/mol. The SMILES string of the molecule is CC/C=C\C/C=C\C/C=C\C/C=C\C/C=C\C/C=C\C/C=C\C/C=C\CCCCCCC(=O)OC(COC(=O)CCCCCCCCCCCCCCCCCCCCCCCCCC)COP(=O)([O-])OCC[N+](C)(C)C. The summed E-state index contributed by atoms with van der Waals surface area (Å²) in [6.45, 7) is 4.12. The second kappa shape index (κ2) is 57.6. The summed E-state index contributed by atoms with van der Waals surface area (Å²) in [6.07, 6.45) is 78.9. The zero-order valence-electron chi connectivity index (χ0n) is 50.4. The minimum absolute atomic E-state index is 0.0398. The number of allylic oxidation sites excluding steroid dienone is 16. The molecule has 0 spiro atoms. The third-order valence-corrected chi connectivity index (χ3v) is 14.3. The Hall–Kier alpha value is -3.07. The van der Waals surface area contributed by atoms with Gasteiger partial charge in [-0.2, -0.15) is 0 Å². The highest BCUT2D eigenvalue weighted by molar-refractivity contribution is 7.45. The van der Waals surface area contributed by atoms with Gasteiger partial charge in [0.15, 0.2) is 6.10 Å². The van der Waals surface area contributed by atoms with E-state index in [0.717, 1.165) is 96.3 Å². The molecule has 0 aromatic rings. The molecule has 0 aromatic heterocycles. The Morgan fingerprint density at radius 3 is 1.10 bits per heavy atom. The van der Waals surface area contributed by atoms with Gasteiger partial charge in [-0.05, 0) is 77.0 Å². The Balaban J connectivity index is 4.20. The van der Waals surface area contributed by atoms with Crippen LogP contribution in [0.15, 0.2) is 97.2 Å². The first-order valence-electron chi connectivity index (χ1n) is 31.4. The van der Waals surface area contributed by atoms with Gasteiger partial charge in [0.05, 0.1) is 27.7 Å². The molecule has 0 N–H and O–H groups in total. The molecule has 0 fully saturated rings. The van der Waals surface area contributed by atoms with Crippen molar-refractivity contribution in [1.29, 1.82) is 0 Å². The number of hydrogen-bond acceptors (Lipinski definition) is 8. The molecule has 0 aliphatic heterocycles. The maximum absolute atomic E-state index is 12.8. The van der Waals surface area contributed by atoms with Gasteiger partial charge in [0.2, 0.25) is 0 Å². The number of nitrogens with zero attached hydrogens (tertiary/aromatic N) is 1. The van der Waals surface area contributed by atoms with Crippen molar-refractivity contribution < 1.29 is 42.1 Å². The molecule has 444 valence electrons. The standard InChI is InChI=1S/C67H118NO8P/c1-6-8-10-12-14-16-18-20-22-24-26-28-30-32-33-34-35-36-38-40-42-44-46-48-50-52-54-56-58-60-67(70)76-65(64-75-77(71,72)74-62-61-68(3,4)5)63-73-66(69)59-57-55-53-51-49-47-45-43-41-39-37-31-29-27-25-23-21-19-17-15-13-11-9-7-2/h8,10,14,16,20,22,26,28,32-33,35-36,40,42,46,48,65H,6-7,9,11-13,15,17-19,21,23-25,27,29-31,34,37-39,41,43-45,47,49-64H2,1-5H3/b10-8-,16-14-,22-20-,28-26-,33-32-,36-35-,42-40-,48-46-. The first-order valence-corrected chi connectivity index (χ1v) is 32.9. The quantitative estimate of drug-likeness (QED) is 0.0195. The molecule has 0 radical (unpaired) electrons. The lowest BCUT2D eigenvalue weighted by molar-refractivity contribution is -0.870. The van der Waals surface area contributed by atoms with Crippen LogP contribution in [0.5, 0.6) is 0 Å². The number of rotatable bonds is 57. The van der Waals surface area contributed by atoms with Crippen molar-refractivity contribution in [3.05, 3.63) is 97.2 Å². The molecule has 0 rings (SSSR count). The molecule has 0 aliphatic rings. The Morgan fingerprint density at radius 2 is 0.740 bits per heavy atom. The Morgan fingerprint density at radius 1 is 0.416 bits per heavy atom. The first-order chi connectivity index (χ1) is 37.5. The molecule has 0 aliphatic carbocycles. The zero-order chi connectivity index (χ0) is 56.3. The highest BCUT2D eigenvalue weighted by Crippen LogP contribution is 2.38. The lowest BCUT2D eigenvalue weighted by Gasteiger charge is -2.28. The van der Waals surface area contributed by atoms with Crippen LogP contribution in [0.2, 0.25) is 0 Å². The molecular formula is C67H118NO8P. The predicted octanol–water partition coefficient (Wildman–Crippen LogP) is 19.4. The molecule has 0 bridgehead atoms. The summed E-state index contributed by atoms with van der Waals surface area (Å²) in [6, 6.07) is 0. The number of phosphoric acid groups is 1. The van der Waals surface area contributed by atoms with Crippen LogP contribution in [0.1, 0.15) is 264 Å². The summed E-state index contributed by atoms with van der Waals surface area (Å²) in [4.78, 5) is 38.0. The minimum atomic E-state index is -4.65. The molecule has 77 heavy (non-hydrogen) atoms. The van der Waals surface area contributed by atoms with Crippen molar-refractivity contribution in [1.82, 2.24) is 0 Å². The maximum atomic E-state index is 12.8. The Bertz CT molecular complexity index is 1620. The summed E-state index contributed by atoms with van der Waals surface area (Å²) < 4.78 is 34.2. The van der Waals surface area contributed by atoms with Crippen LogP contribution in [-0.2, 0) is 32.7 Å². The highest BCUT2D eigenvalue weighted by Gasteiger charge is 2.22. The van der Waals surface area contributed by atoms with Gasteiger partial charge in [-0.25, -0.2) is 0 Å². The molecule has 0 saturated carbocycles. The molecule has 9 nitrogen and oxygen atoms in total. The zero-order valence-corrected chi connectivity index (χ0v) is 51.3. The number of likely N-dealkylation sites (N-methyl/N-ethyl adjacent to an activating group) is 1. The van der Waals surface area contributed by atoms with Crippen LogP contribution < -0.4 is 4.89 Å². The topological polar surface area (TPSA) is 111 Å². The summed E-state index contributed by atoms with van der Waals surface area (Å²) in [7, 11) is 1.14. The minimum Gasteiger partial charge on any atom is -0.756 e. The van der Waals surface area contributed by atoms with E-state index in [1.54, 1.807) is 0 Å². The molecule has 0 saturated heterocycles. The second-order valence-corrected chi connectivity index (χ2v) is 23.5. The van der Waals surface area contributed by atoms with Gasteiger partial charge in [0, 0.05) is 12.8 Å². The monoisotopic (exact) mass is 1100 g/mol. The van der Waals surface area contributed by atoms with Gasteiger partial charge in [-0.1, -0.05) is 272 Å². The van der Waals surface area contributed by atoms with Gasteiger partial charge >= 0.3 is 11.9 Å². The fourth-order valence-corrected chi connectivity index (χ4v) is 9.28. The van der Waals surface area contributed by atoms with E-state index in [1.807, 2.05) is 21.1 Å². The van der Waals surface area contributed by atoms with E-state index in [1.165, 1.54) is 135 Å². The summed E-state index contributed by atoms with van der Waals surface area (Å²) in [5.74, 6) is -0.859. The maximum Gasteiger partial charge on any atom is 0.306 e. The number of quaternary nitrogens is 1. The number of carbonyl (C=O) groups excluding carboxylic acids is 2. The fraction of sp³-hybridized carbons (Fsp3) is 0.731. The number of ether oxygens (including phenoxy) is 2. The Kier molecular flexibility index (Phi) is 55.3. The third-order valence-electron chi connectivity index (χ3n) is 13.4. The van der Waals surface area contributed by atoms with E-state index in [2.05, 4.69) is 111 Å². The smallest absolute Gasteiger partial charge is 0.306 e. The van der Waals surface area contributed by atoms with E-state index in [4.69, 9.17) is 18.5 Å². The molecule has 10 heteroatoms. The van der Waals surface area contributed by atoms with E-state index in [0.29, 0.717) is 17.4 Å². The Labute approximate surface area is 474 Å². The third kappa shape index (κ3) is 62.0. The fourth-order valence-electron chi connectivity index (χ4n) is 8.56. The second-order valence-electron chi connectivity index (χ2n) is 22.0. The van der Waals surface area contributed by atoms with Crippen LogP contribution in [0.3, 0.4) is 0 Å². The lowest BCUT2D eigenvalue weighted by Crippen LogP contribution is -2.37. The number of unbranched alkanes of at least 4 members (excludes halogenated alkanes) is 27. The van der Waals surface area contributed by atoms with E-state index >= 15 is 0 Å². The molecule has 2 unspecified atom stereocenters. The van der Waals surface area contributed by atoms with Gasteiger partial charge < -0.3 is 27.9 Å². The van der Waals surface area contributed by atoms with E-state index in [-0.39, 0.29) is 32.0 Å². The van der Waals surface area contributed by atoms with Crippen LogP contribution in [0.4, 0.5) is 0 Å². The van der Waals surface area contributed by atoms with Crippen LogP contribution >= 0.6 is 7.82 Å². The summed E-state index contributed by atoms with van der Waals surface area (Å²) in [5, 5.41) is 0. The number of hydrogen-bond donors (Lipinski definition) is 0.